The first-order valence-electron chi connectivity index (χ1n) is 6.08. The number of hydrogen-bond donors (Lipinski definition) is 2. The minimum atomic E-state index is -0.995. The van der Waals surface area contributed by atoms with E-state index in [0.717, 1.165) is 0 Å². The number of nitrogens with two attached hydrogens (primary N) is 1. The summed E-state index contributed by atoms with van der Waals surface area (Å²) in [6.45, 7) is 0.538. The Labute approximate surface area is 122 Å². The van der Waals surface area contributed by atoms with Gasteiger partial charge in [-0.2, -0.15) is 0 Å². The molecule has 1 amide bonds. The zero-order chi connectivity index (χ0) is 15.0. The maximum absolute atomic E-state index is 10.8. The molecule has 1 aromatic rings. The lowest BCUT2D eigenvalue weighted by Gasteiger charge is -2.18. The highest BCUT2D eigenvalue weighted by molar-refractivity contribution is 6.30. The van der Waals surface area contributed by atoms with Gasteiger partial charge < -0.3 is 15.6 Å². The van der Waals surface area contributed by atoms with Gasteiger partial charge in [0.2, 0.25) is 5.91 Å². The molecular formula is C13H17ClN2O4. The highest BCUT2D eigenvalue weighted by atomic mass is 35.5. The number of nitrogens with zero attached hydrogens (tertiary/aromatic N) is 1. The largest absolute Gasteiger partial charge is 0.494 e. The van der Waals surface area contributed by atoms with E-state index in [-0.39, 0.29) is 13.1 Å². The second kappa shape index (κ2) is 8.39. The fourth-order valence-electron chi connectivity index (χ4n) is 1.63. The third-order valence-electron chi connectivity index (χ3n) is 2.44. The zero-order valence-corrected chi connectivity index (χ0v) is 11.7. The van der Waals surface area contributed by atoms with Gasteiger partial charge in [-0.3, -0.25) is 14.5 Å². The highest BCUT2D eigenvalue weighted by Crippen LogP contribution is 2.15. The van der Waals surface area contributed by atoms with Gasteiger partial charge in [0, 0.05) is 11.6 Å². The normalized spacial score (nSPS) is 10.5. The molecule has 0 aliphatic carbocycles. The van der Waals surface area contributed by atoms with Crippen LogP contribution in [0, 0.1) is 0 Å². The average molecular weight is 301 g/mol. The van der Waals surface area contributed by atoms with Crippen LogP contribution >= 0.6 is 11.6 Å². The standard InChI is InChI=1S/C13H17ClN2O4/c14-10-2-4-11(5-3-10)20-7-1-6-16(8-12(15)17)9-13(18)19/h2-5H,1,6-9H2,(H2,15,17)(H,18,19). The van der Waals surface area contributed by atoms with E-state index in [1.54, 1.807) is 24.3 Å². The number of ether oxygens (including phenoxy) is 1. The number of halogens is 1. The number of carboxylic acid groups (broad SMARTS) is 1. The van der Waals surface area contributed by atoms with Gasteiger partial charge in [0.25, 0.3) is 0 Å². The summed E-state index contributed by atoms with van der Waals surface area (Å²) in [6.07, 6.45) is 0.586. The molecule has 0 saturated heterocycles. The van der Waals surface area contributed by atoms with Crippen LogP contribution in [0.5, 0.6) is 5.75 Å². The summed E-state index contributed by atoms with van der Waals surface area (Å²) >= 11 is 5.75. The lowest BCUT2D eigenvalue weighted by Crippen LogP contribution is -2.38. The number of hydrogen-bond acceptors (Lipinski definition) is 4. The first kappa shape index (κ1) is 16.3. The van der Waals surface area contributed by atoms with Gasteiger partial charge in [0.1, 0.15) is 5.75 Å². The summed E-state index contributed by atoms with van der Waals surface area (Å²) in [5, 5.41) is 9.35. The number of aliphatic carboxylic acids is 1. The second-order valence-electron chi connectivity index (χ2n) is 4.23. The van der Waals surface area contributed by atoms with Crippen molar-refractivity contribution in [2.75, 3.05) is 26.2 Å². The zero-order valence-electron chi connectivity index (χ0n) is 10.9. The molecule has 0 radical (unpaired) electrons. The summed E-state index contributed by atoms with van der Waals surface area (Å²) in [7, 11) is 0. The van der Waals surface area contributed by atoms with Crippen molar-refractivity contribution in [3.05, 3.63) is 29.3 Å². The van der Waals surface area contributed by atoms with E-state index in [9.17, 15) is 9.59 Å². The van der Waals surface area contributed by atoms with Crippen molar-refractivity contribution in [1.82, 2.24) is 4.90 Å². The first-order chi connectivity index (χ1) is 9.47. The Morgan fingerprint density at radius 3 is 2.45 bits per heavy atom. The van der Waals surface area contributed by atoms with Gasteiger partial charge in [-0.1, -0.05) is 11.6 Å². The van der Waals surface area contributed by atoms with Crippen LogP contribution in [0.2, 0.25) is 5.02 Å². The van der Waals surface area contributed by atoms with Crippen molar-refractivity contribution in [3.63, 3.8) is 0 Å². The number of rotatable bonds is 9. The minimum Gasteiger partial charge on any atom is -0.494 e. The number of carbonyl (C=O) groups is 2. The number of carboxylic acids is 1. The van der Waals surface area contributed by atoms with Crippen LogP contribution in [-0.2, 0) is 9.59 Å². The maximum Gasteiger partial charge on any atom is 0.317 e. The molecule has 0 atom stereocenters. The van der Waals surface area contributed by atoms with Crippen LogP contribution < -0.4 is 10.5 Å². The fraction of sp³-hybridized carbons (Fsp3) is 0.385. The van der Waals surface area contributed by atoms with Crippen LogP contribution in [0.3, 0.4) is 0 Å². The summed E-state index contributed by atoms with van der Waals surface area (Å²) in [5.74, 6) is -0.858. The molecule has 0 unspecified atom stereocenters. The van der Waals surface area contributed by atoms with Crippen LogP contribution in [0.15, 0.2) is 24.3 Å². The molecule has 0 aliphatic rings. The Kier molecular flexibility index (Phi) is 6.83. The van der Waals surface area contributed by atoms with E-state index in [2.05, 4.69) is 0 Å². The number of primary amides is 1. The van der Waals surface area contributed by atoms with Gasteiger partial charge in [-0.15, -0.1) is 0 Å². The van der Waals surface area contributed by atoms with Crippen LogP contribution in [0.25, 0.3) is 0 Å². The molecule has 0 heterocycles. The third kappa shape index (κ3) is 6.96. The SMILES string of the molecule is NC(=O)CN(CCCOc1ccc(Cl)cc1)CC(=O)O. The van der Waals surface area contributed by atoms with E-state index < -0.39 is 11.9 Å². The van der Waals surface area contributed by atoms with Gasteiger partial charge in [0.05, 0.1) is 19.7 Å². The summed E-state index contributed by atoms with van der Waals surface area (Å²) in [5.41, 5.74) is 5.06. The summed E-state index contributed by atoms with van der Waals surface area (Å²) in [4.78, 5) is 22.9. The quantitative estimate of drug-likeness (QED) is 0.663. The highest BCUT2D eigenvalue weighted by Gasteiger charge is 2.11. The molecule has 20 heavy (non-hydrogen) atoms. The monoisotopic (exact) mass is 300 g/mol. The molecule has 1 aromatic carbocycles. The van der Waals surface area contributed by atoms with Crippen molar-refractivity contribution in [3.8, 4) is 5.75 Å². The molecule has 0 saturated carbocycles. The topological polar surface area (TPSA) is 92.9 Å². The lowest BCUT2D eigenvalue weighted by molar-refractivity contribution is -0.138. The van der Waals surface area contributed by atoms with Crippen LogP contribution in [-0.4, -0.2) is 48.1 Å². The molecule has 110 valence electrons. The third-order valence-corrected chi connectivity index (χ3v) is 2.69. The smallest absolute Gasteiger partial charge is 0.317 e. The first-order valence-corrected chi connectivity index (χ1v) is 6.46. The molecule has 0 aromatic heterocycles. The molecule has 3 N–H and O–H groups in total. The Bertz CT molecular complexity index is 434. The summed E-state index contributed by atoms with van der Waals surface area (Å²) < 4.78 is 5.47. The molecule has 6 nitrogen and oxygen atoms in total. The van der Waals surface area contributed by atoms with Gasteiger partial charge >= 0.3 is 5.97 Å². The predicted molar refractivity (Wildman–Crippen MR) is 74.8 cm³/mol. The van der Waals surface area contributed by atoms with E-state index in [1.807, 2.05) is 0 Å². The van der Waals surface area contributed by atoms with E-state index in [0.29, 0.717) is 30.3 Å². The van der Waals surface area contributed by atoms with Gasteiger partial charge in [-0.05, 0) is 30.7 Å². The predicted octanol–water partition coefficient (Wildman–Crippen LogP) is 0.981. The number of amides is 1. The van der Waals surface area contributed by atoms with E-state index in [4.69, 9.17) is 27.2 Å². The average Bonchev–Trinajstić information content (AvgIpc) is 2.35. The Morgan fingerprint density at radius 1 is 1.25 bits per heavy atom. The molecule has 0 fully saturated rings. The Balaban J connectivity index is 2.30. The van der Waals surface area contributed by atoms with Crippen molar-refractivity contribution in [1.29, 1.82) is 0 Å². The molecule has 0 aliphatic heterocycles. The lowest BCUT2D eigenvalue weighted by atomic mass is 10.3. The number of carbonyl (C=O) groups excluding carboxylic acids is 1. The Morgan fingerprint density at radius 2 is 1.90 bits per heavy atom. The number of benzene rings is 1. The second-order valence-corrected chi connectivity index (χ2v) is 4.66. The molecule has 0 bridgehead atoms. The Hall–Kier alpha value is -1.79. The minimum absolute atomic E-state index is 0.0761. The summed E-state index contributed by atoms with van der Waals surface area (Å²) in [6, 6.07) is 6.95. The van der Waals surface area contributed by atoms with Crippen molar-refractivity contribution in [2.45, 2.75) is 6.42 Å². The van der Waals surface area contributed by atoms with Crippen LogP contribution in [0.1, 0.15) is 6.42 Å². The van der Waals surface area contributed by atoms with Gasteiger partial charge in [-0.25, -0.2) is 0 Å². The van der Waals surface area contributed by atoms with E-state index >= 15 is 0 Å². The van der Waals surface area contributed by atoms with E-state index in [1.165, 1.54) is 4.90 Å². The van der Waals surface area contributed by atoms with Crippen molar-refractivity contribution < 1.29 is 19.4 Å². The van der Waals surface area contributed by atoms with Crippen molar-refractivity contribution >= 4 is 23.5 Å². The van der Waals surface area contributed by atoms with Gasteiger partial charge in [0.15, 0.2) is 0 Å². The molecule has 0 spiro atoms. The fourth-order valence-corrected chi connectivity index (χ4v) is 1.76. The molecule has 1 rings (SSSR count). The maximum atomic E-state index is 10.8. The van der Waals surface area contributed by atoms with Crippen LogP contribution in [0.4, 0.5) is 0 Å². The van der Waals surface area contributed by atoms with Crippen molar-refractivity contribution in [2.24, 2.45) is 5.73 Å². The molecule has 7 heteroatoms. The molecular weight excluding hydrogens is 284 g/mol.